The van der Waals surface area contributed by atoms with Gasteiger partial charge in [0.25, 0.3) is 0 Å². The van der Waals surface area contributed by atoms with E-state index in [9.17, 15) is 9.90 Å². The Morgan fingerprint density at radius 2 is 2.07 bits per heavy atom. The highest BCUT2D eigenvalue weighted by Gasteiger charge is 2.41. The van der Waals surface area contributed by atoms with Crippen LogP contribution in [0.25, 0.3) is 22.6 Å². The summed E-state index contributed by atoms with van der Waals surface area (Å²) in [5, 5.41) is 12.9. The van der Waals surface area contributed by atoms with E-state index in [-0.39, 0.29) is 6.04 Å². The van der Waals surface area contributed by atoms with Gasteiger partial charge in [0.2, 0.25) is 0 Å². The molecule has 0 unspecified atom stereocenters. The Bertz CT molecular complexity index is 1030. The van der Waals surface area contributed by atoms with E-state index in [1.165, 1.54) is 6.33 Å². The van der Waals surface area contributed by atoms with Crippen molar-refractivity contribution in [2.45, 2.75) is 52.6 Å². The van der Waals surface area contributed by atoms with E-state index < -0.39 is 11.4 Å². The molecule has 0 bridgehead atoms. The Labute approximate surface area is 162 Å². The van der Waals surface area contributed by atoms with Crippen LogP contribution in [-0.4, -0.2) is 46.6 Å². The van der Waals surface area contributed by atoms with Crippen molar-refractivity contribution >= 4 is 23.0 Å². The number of rotatable bonds is 5. The molecule has 9 nitrogen and oxygen atoms in total. The van der Waals surface area contributed by atoms with Crippen molar-refractivity contribution in [2.75, 3.05) is 5.32 Å². The number of nitrogens with zero attached hydrogens (tertiary/aromatic N) is 6. The van der Waals surface area contributed by atoms with Crippen molar-refractivity contribution in [3.8, 4) is 11.4 Å². The van der Waals surface area contributed by atoms with E-state index in [0.717, 1.165) is 23.5 Å². The molecule has 1 aliphatic rings. The second-order valence-corrected chi connectivity index (χ2v) is 7.54. The third kappa shape index (κ3) is 3.06. The summed E-state index contributed by atoms with van der Waals surface area (Å²) in [4.78, 5) is 33.6. The van der Waals surface area contributed by atoms with Crippen LogP contribution in [0, 0.1) is 12.3 Å². The number of carboxylic acid groups (broad SMARTS) is 1. The van der Waals surface area contributed by atoms with Crippen LogP contribution in [0.5, 0.6) is 0 Å². The minimum Gasteiger partial charge on any atom is -0.481 e. The molecular weight excluding hydrogens is 358 g/mol. The minimum atomic E-state index is -0.749. The molecule has 146 valence electrons. The first-order valence-corrected chi connectivity index (χ1v) is 9.41. The molecule has 2 atom stereocenters. The molecule has 3 aromatic heterocycles. The highest BCUT2D eigenvalue weighted by molar-refractivity contribution is 5.86. The van der Waals surface area contributed by atoms with E-state index in [1.54, 1.807) is 19.3 Å². The summed E-state index contributed by atoms with van der Waals surface area (Å²) in [5.74, 6) is 1.32. The zero-order valence-corrected chi connectivity index (χ0v) is 16.2. The number of aliphatic carboxylic acids is 1. The molecule has 1 fully saturated rings. The molecule has 0 aromatic carbocycles. The van der Waals surface area contributed by atoms with Crippen molar-refractivity contribution < 1.29 is 9.90 Å². The van der Waals surface area contributed by atoms with Crippen molar-refractivity contribution in [3.05, 3.63) is 24.5 Å². The molecule has 0 radical (unpaired) electrons. The summed E-state index contributed by atoms with van der Waals surface area (Å²) < 4.78 is 2.01. The third-order valence-corrected chi connectivity index (χ3v) is 5.49. The number of nitrogens with one attached hydrogen (secondary N) is 1. The van der Waals surface area contributed by atoms with Gasteiger partial charge >= 0.3 is 5.97 Å². The molecule has 0 spiro atoms. The Balaban J connectivity index is 1.71. The maximum Gasteiger partial charge on any atom is 0.309 e. The molecule has 1 aliphatic carbocycles. The SMILES string of the molecule is CCn1c(-c2cnc(C)nc2)nc2c(N[C@H]3CC[C@](C)(C(=O)O)C3)ncnc21. The molecule has 1 saturated carbocycles. The number of carbonyl (C=O) groups is 1. The standard InChI is InChI=1S/C19H23N7O2/c1-4-26-16(12-8-20-11(2)21-9-12)25-14-15(22-10-23-17(14)26)24-13-5-6-19(3,7-13)18(27)28/h8-10,13H,4-7H2,1-3H3,(H,27,28)(H,22,23,24)/t13-,19-/m0/s1. The van der Waals surface area contributed by atoms with Gasteiger partial charge in [-0.05, 0) is 40.0 Å². The number of imidazole rings is 1. The Morgan fingerprint density at radius 1 is 1.32 bits per heavy atom. The van der Waals surface area contributed by atoms with Crippen molar-refractivity contribution in [1.82, 2.24) is 29.5 Å². The summed E-state index contributed by atoms with van der Waals surface area (Å²) in [6.45, 7) is 6.36. The summed E-state index contributed by atoms with van der Waals surface area (Å²) in [6, 6.07) is 0.0390. The van der Waals surface area contributed by atoms with Crippen LogP contribution in [0.2, 0.25) is 0 Å². The first-order chi connectivity index (χ1) is 13.4. The van der Waals surface area contributed by atoms with Gasteiger partial charge < -0.3 is 15.0 Å². The number of fused-ring (bicyclic) bond motifs is 1. The molecule has 0 saturated heterocycles. The zero-order chi connectivity index (χ0) is 19.9. The smallest absolute Gasteiger partial charge is 0.309 e. The largest absolute Gasteiger partial charge is 0.481 e. The van der Waals surface area contributed by atoms with Crippen LogP contribution in [0.3, 0.4) is 0 Å². The lowest BCUT2D eigenvalue weighted by atomic mass is 9.89. The number of hydrogen-bond donors (Lipinski definition) is 2. The maximum atomic E-state index is 11.5. The first kappa shape index (κ1) is 18.3. The molecule has 28 heavy (non-hydrogen) atoms. The van der Waals surface area contributed by atoms with E-state index in [4.69, 9.17) is 4.98 Å². The lowest BCUT2D eigenvalue weighted by molar-refractivity contribution is -0.147. The van der Waals surface area contributed by atoms with Gasteiger partial charge in [-0.2, -0.15) is 0 Å². The summed E-state index contributed by atoms with van der Waals surface area (Å²) in [7, 11) is 0. The predicted octanol–water partition coefficient (Wildman–Crippen LogP) is 2.67. The maximum absolute atomic E-state index is 11.5. The van der Waals surface area contributed by atoms with Crippen LogP contribution >= 0.6 is 0 Å². The summed E-state index contributed by atoms with van der Waals surface area (Å²) in [6.07, 6.45) is 7.00. The van der Waals surface area contributed by atoms with Crippen LogP contribution in [0.15, 0.2) is 18.7 Å². The number of aromatic nitrogens is 6. The Morgan fingerprint density at radius 3 is 2.71 bits per heavy atom. The number of aryl methyl sites for hydroxylation is 2. The van der Waals surface area contributed by atoms with E-state index in [1.807, 2.05) is 18.4 Å². The fraction of sp³-hybridized carbons (Fsp3) is 0.474. The van der Waals surface area contributed by atoms with Gasteiger partial charge in [-0.15, -0.1) is 0 Å². The molecule has 0 amide bonds. The van der Waals surface area contributed by atoms with Crippen LogP contribution in [0.4, 0.5) is 5.82 Å². The average molecular weight is 381 g/mol. The fourth-order valence-corrected chi connectivity index (χ4v) is 3.82. The fourth-order valence-electron chi connectivity index (χ4n) is 3.82. The lowest BCUT2D eigenvalue weighted by Gasteiger charge is -2.18. The second kappa shape index (κ2) is 6.81. The van der Waals surface area contributed by atoms with Gasteiger partial charge in [-0.25, -0.2) is 24.9 Å². The first-order valence-electron chi connectivity index (χ1n) is 9.41. The van der Waals surface area contributed by atoms with Crippen LogP contribution < -0.4 is 5.32 Å². The highest BCUT2D eigenvalue weighted by atomic mass is 16.4. The second-order valence-electron chi connectivity index (χ2n) is 7.54. The third-order valence-electron chi connectivity index (χ3n) is 5.49. The quantitative estimate of drug-likeness (QED) is 0.692. The number of carboxylic acids is 1. The molecule has 4 rings (SSSR count). The lowest BCUT2D eigenvalue weighted by Crippen LogP contribution is -2.26. The average Bonchev–Trinajstić information content (AvgIpc) is 3.24. The van der Waals surface area contributed by atoms with Gasteiger partial charge in [0.1, 0.15) is 18.0 Å². The van der Waals surface area contributed by atoms with Gasteiger partial charge in [0.05, 0.1) is 11.0 Å². The van der Waals surface area contributed by atoms with Gasteiger partial charge in [0, 0.05) is 25.0 Å². The Hall–Kier alpha value is -3.10. The monoisotopic (exact) mass is 381 g/mol. The minimum absolute atomic E-state index is 0.0390. The molecule has 2 N–H and O–H groups in total. The van der Waals surface area contributed by atoms with E-state index in [0.29, 0.717) is 36.5 Å². The van der Waals surface area contributed by atoms with Crippen molar-refractivity contribution in [1.29, 1.82) is 0 Å². The van der Waals surface area contributed by atoms with E-state index >= 15 is 0 Å². The zero-order valence-electron chi connectivity index (χ0n) is 16.2. The highest BCUT2D eigenvalue weighted by Crippen LogP contribution is 2.39. The Kier molecular flexibility index (Phi) is 4.44. The summed E-state index contributed by atoms with van der Waals surface area (Å²) >= 11 is 0. The number of anilines is 1. The number of hydrogen-bond acceptors (Lipinski definition) is 7. The summed E-state index contributed by atoms with van der Waals surface area (Å²) in [5.41, 5.74) is 1.52. The van der Waals surface area contributed by atoms with Crippen LogP contribution in [-0.2, 0) is 11.3 Å². The van der Waals surface area contributed by atoms with Gasteiger partial charge in [0.15, 0.2) is 17.0 Å². The van der Waals surface area contributed by atoms with Crippen LogP contribution in [0.1, 0.15) is 38.9 Å². The topological polar surface area (TPSA) is 119 Å². The van der Waals surface area contributed by atoms with Gasteiger partial charge in [-0.1, -0.05) is 0 Å². The molecule has 3 heterocycles. The van der Waals surface area contributed by atoms with Gasteiger partial charge in [-0.3, -0.25) is 4.79 Å². The van der Waals surface area contributed by atoms with Crippen molar-refractivity contribution in [2.24, 2.45) is 5.41 Å². The molecule has 3 aromatic rings. The van der Waals surface area contributed by atoms with E-state index in [2.05, 4.69) is 25.3 Å². The molecule has 9 heteroatoms. The predicted molar refractivity (Wildman–Crippen MR) is 104 cm³/mol. The molecular formula is C19H23N7O2. The normalized spacial score (nSPS) is 21.9. The van der Waals surface area contributed by atoms with Crippen molar-refractivity contribution in [3.63, 3.8) is 0 Å². The molecule has 0 aliphatic heterocycles.